The second kappa shape index (κ2) is 10.1. The molecular weight excluding hydrogens is 370 g/mol. The lowest BCUT2D eigenvalue weighted by Gasteiger charge is -2.06. The van der Waals surface area contributed by atoms with E-state index in [2.05, 4.69) is 25.5 Å². The predicted molar refractivity (Wildman–Crippen MR) is 108 cm³/mol. The van der Waals surface area contributed by atoms with Gasteiger partial charge in [-0.3, -0.25) is 14.6 Å². The molecule has 0 fully saturated rings. The number of rotatable bonds is 9. The van der Waals surface area contributed by atoms with Crippen LogP contribution in [0.1, 0.15) is 31.0 Å². The third-order valence-corrected chi connectivity index (χ3v) is 4.19. The smallest absolute Gasteiger partial charge is 0.273 e. The highest BCUT2D eigenvalue weighted by molar-refractivity contribution is 5.76. The van der Waals surface area contributed by atoms with Crippen molar-refractivity contribution in [3.63, 3.8) is 0 Å². The van der Waals surface area contributed by atoms with Gasteiger partial charge >= 0.3 is 0 Å². The topological polar surface area (TPSA) is 110 Å². The van der Waals surface area contributed by atoms with Crippen LogP contribution in [0.2, 0.25) is 0 Å². The fourth-order valence-corrected chi connectivity index (χ4v) is 2.60. The molecule has 0 aliphatic rings. The number of carbonyl (C=O) groups is 1. The summed E-state index contributed by atoms with van der Waals surface area (Å²) in [7, 11) is 0. The van der Waals surface area contributed by atoms with Crippen LogP contribution in [0.3, 0.4) is 0 Å². The standard InChI is InChI=1S/C21H23N5O3/c1-2-13-29-17-5-3-16(4-6-17)20-24-21(28)18(25-26-20)7-8-19(27)23-14-15-9-11-22-12-10-15/h3-6,9-12H,2,7-8,13-14H2,1H3,(H,23,27)(H,24,26,28). The van der Waals surface area contributed by atoms with E-state index in [1.54, 1.807) is 12.4 Å². The molecule has 8 nitrogen and oxygen atoms in total. The molecule has 1 amide bonds. The van der Waals surface area contributed by atoms with Crippen LogP contribution in [0.5, 0.6) is 5.75 Å². The second-order valence-corrected chi connectivity index (χ2v) is 6.45. The van der Waals surface area contributed by atoms with Gasteiger partial charge in [0.1, 0.15) is 11.4 Å². The summed E-state index contributed by atoms with van der Waals surface area (Å²) in [5.41, 5.74) is 1.58. The van der Waals surface area contributed by atoms with Crippen LogP contribution < -0.4 is 15.6 Å². The van der Waals surface area contributed by atoms with E-state index >= 15 is 0 Å². The zero-order valence-corrected chi connectivity index (χ0v) is 16.2. The summed E-state index contributed by atoms with van der Waals surface area (Å²) in [5, 5.41) is 10.9. The largest absolute Gasteiger partial charge is 0.494 e. The molecule has 3 rings (SSSR count). The third kappa shape index (κ3) is 5.97. The number of aryl methyl sites for hydroxylation is 1. The van der Waals surface area contributed by atoms with Gasteiger partial charge in [-0.2, -0.15) is 0 Å². The molecule has 0 bridgehead atoms. The number of pyridine rings is 1. The quantitative estimate of drug-likeness (QED) is 0.577. The van der Waals surface area contributed by atoms with E-state index in [1.165, 1.54) is 0 Å². The predicted octanol–water partition coefficient (Wildman–Crippen LogP) is 2.26. The minimum atomic E-state index is -0.344. The Kier molecular flexibility index (Phi) is 7.05. The Hall–Kier alpha value is -3.55. The fraction of sp³-hybridized carbons (Fsp3) is 0.286. The molecule has 150 valence electrons. The summed E-state index contributed by atoms with van der Waals surface area (Å²) < 4.78 is 5.54. The summed E-state index contributed by atoms with van der Waals surface area (Å²) in [6.45, 7) is 3.11. The molecule has 0 unspecified atom stereocenters. The van der Waals surface area contributed by atoms with Crippen molar-refractivity contribution in [2.24, 2.45) is 0 Å². The molecule has 0 atom stereocenters. The highest BCUT2D eigenvalue weighted by atomic mass is 16.5. The van der Waals surface area contributed by atoms with Crippen molar-refractivity contribution < 1.29 is 9.53 Å². The van der Waals surface area contributed by atoms with E-state index in [0.717, 1.165) is 23.3 Å². The molecule has 0 spiro atoms. The van der Waals surface area contributed by atoms with Crippen LogP contribution in [0.25, 0.3) is 11.4 Å². The average Bonchev–Trinajstić information content (AvgIpc) is 2.76. The molecule has 0 saturated carbocycles. The van der Waals surface area contributed by atoms with Gasteiger partial charge in [0, 0.05) is 37.3 Å². The lowest BCUT2D eigenvalue weighted by molar-refractivity contribution is -0.121. The van der Waals surface area contributed by atoms with Crippen LogP contribution in [0.15, 0.2) is 53.6 Å². The van der Waals surface area contributed by atoms with Crippen molar-refractivity contribution in [2.45, 2.75) is 32.7 Å². The van der Waals surface area contributed by atoms with Crippen molar-refractivity contribution in [3.05, 3.63) is 70.4 Å². The molecule has 0 radical (unpaired) electrons. The Morgan fingerprint density at radius 2 is 1.86 bits per heavy atom. The molecule has 0 saturated heterocycles. The maximum Gasteiger partial charge on any atom is 0.273 e. The number of aromatic nitrogens is 4. The first kappa shape index (κ1) is 20.2. The highest BCUT2D eigenvalue weighted by Crippen LogP contribution is 2.18. The number of H-pyrrole nitrogens is 1. The lowest BCUT2D eigenvalue weighted by atomic mass is 10.2. The molecule has 2 N–H and O–H groups in total. The van der Waals surface area contributed by atoms with E-state index in [-0.39, 0.29) is 30.0 Å². The highest BCUT2D eigenvalue weighted by Gasteiger charge is 2.10. The molecule has 3 aromatic rings. The van der Waals surface area contributed by atoms with Crippen LogP contribution in [0, 0.1) is 0 Å². The van der Waals surface area contributed by atoms with Gasteiger partial charge in [-0.25, -0.2) is 0 Å². The molecule has 2 aromatic heterocycles. The number of benzene rings is 1. The Balaban J connectivity index is 1.55. The minimum absolute atomic E-state index is 0.158. The van der Waals surface area contributed by atoms with Gasteiger partial charge in [0.2, 0.25) is 5.91 Å². The maximum atomic E-state index is 12.3. The van der Waals surface area contributed by atoms with Gasteiger partial charge in [-0.05, 0) is 48.4 Å². The van der Waals surface area contributed by atoms with E-state index in [9.17, 15) is 9.59 Å². The monoisotopic (exact) mass is 393 g/mol. The number of carbonyl (C=O) groups excluding carboxylic acids is 1. The average molecular weight is 393 g/mol. The summed E-state index contributed by atoms with van der Waals surface area (Å²) in [6.07, 6.45) is 4.65. The summed E-state index contributed by atoms with van der Waals surface area (Å²) >= 11 is 0. The van der Waals surface area contributed by atoms with Crippen molar-refractivity contribution in [3.8, 4) is 17.1 Å². The number of nitrogens with one attached hydrogen (secondary N) is 2. The molecule has 2 heterocycles. The second-order valence-electron chi connectivity index (χ2n) is 6.45. The fourth-order valence-electron chi connectivity index (χ4n) is 2.60. The Labute approximate surface area is 168 Å². The van der Waals surface area contributed by atoms with Gasteiger partial charge < -0.3 is 15.0 Å². The van der Waals surface area contributed by atoms with Crippen LogP contribution in [-0.4, -0.2) is 32.7 Å². The molecule has 8 heteroatoms. The van der Waals surface area contributed by atoms with Crippen molar-refractivity contribution in [1.82, 2.24) is 25.5 Å². The first-order valence-corrected chi connectivity index (χ1v) is 9.50. The number of ether oxygens (including phenoxy) is 1. The molecule has 29 heavy (non-hydrogen) atoms. The molecule has 1 aromatic carbocycles. The maximum absolute atomic E-state index is 12.3. The Morgan fingerprint density at radius 3 is 2.55 bits per heavy atom. The zero-order chi connectivity index (χ0) is 20.5. The van der Waals surface area contributed by atoms with Crippen LogP contribution in [0.4, 0.5) is 0 Å². The van der Waals surface area contributed by atoms with Crippen molar-refractivity contribution in [2.75, 3.05) is 6.61 Å². The summed E-state index contributed by atoms with van der Waals surface area (Å²) in [5.74, 6) is 0.984. The summed E-state index contributed by atoms with van der Waals surface area (Å²) in [6, 6.07) is 10.9. The van der Waals surface area contributed by atoms with E-state index in [1.807, 2.05) is 43.3 Å². The number of hydrogen-bond donors (Lipinski definition) is 2. The van der Waals surface area contributed by atoms with Crippen molar-refractivity contribution in [1.29, 1.82) is 0 Å². The molecule has 0 aliphatic carbocycles. The van der Waals surface area contributed by atoms with Gasteiger partial charge in [-0.1, -0.05) is 6.92 Å². The number of nitrogens with zero attached hydrogens (tertiary/aromatic N) is 3. The molecule has 0 aliphatic heterocycles. The van der Waals surface area contributed by atoms with E-state index < -0.39 is 0 Å². The zero-order valence-electron chi connectivity index (χ0n) is 16.2. The number of hydrogen-bond acceptors (Lipinski definition) is 6. The Morgan fingerprint density at radius 1 is 1.10 bits per heavy atom. The lowest BCUT2D eigenvalue weighted by Crippen LogP contribution is -2.25. The van der Waals surface area contributed by atoms with Gasteiger partial charge in [-0.15, -0.1) is 10.2 Å². The first-order valence-electron chi connectivity index (χ1n) is 9.50. The Bertz CT molecular complexity index is 987. The SMILES string of the molecule is CCCOc1ccc(-c2nnc(CCC(=O)NCc3ccncc3)c(=O)[nH]2)cc1. The normalized spacial score (nSPS) is 10.5. The van der Waals surface area contributed by atoms with E-state index in [4.69, 9.17) is 4.74 Å². The number of amides is 1. The third-order valence-electron chi connectivity index (χ3n) is 4.19. The summed E-state index contributed by atoms with van der Waals surface area (Å²) in [4.78, 5) is 30.9. The minimum Gasteiger partial charge on any atom is -0.494 e. The van der Waals surface area contributed by atoms with Crippen LogP contribution >= 0.6 is 0 Å². The van der Waals surface area contributed by atoms with Gasteiger partial charge in [0.25, 0.3) is 5.56 Å². The van der Waals surface area contributed by atoms with Gasteiger partial charge in [0.15, 0.2) is 5.82 Å². The van der Waals surface area contributed by atoms with E-state index in [0.29, 0.717) is 19.0 Å². The van der Waals surface area contributed by atoms with Crippen LogP contribution in [-0.2, 0) is 17.8 Å². The first-order chi connectivity index (χ1) is 14.2. The number of aromatic amines is 1. The molecular formula is C21H23N5O3. The van der Waals surface area contributed by atoms with Gasteiger partial charge in [0.05, 0.1) is 6.61 Å². The van der Waals surface area contributed by atoms with Crippen molar-refractivity contribution >= 4 is 5.91 Å².